The Hall–Kier alpha value is -1.18. The van der Waals surface area contributed by atoms with Crippen LogP contribution in [0.25, 0.3) is 0 Å². The van der Waals surface area contributed by atoms with Crippen molar-refractivity contribution in [2.75, 3.05) is 26.7 Å². The summed E-state index contributed by atoms with van der Waals surface area (Å²) >= 11 is 3.18. The van der Waals surface area contributed by atoms with E-state index in [9.17, 15) is 14.0 Å². The van der Waals surface area contributed by atoms with Gasteiger partial charge in [-0.15, -0.1) is 12.4 Å². The summed E-state index contributed by atoms with van der Waals surface area (Å²) in [7, 11) is 1.79. The molecule has 0 heterocycles. The highest BCUT2D eigenvalue weighted by Crippen LogP contribution is 2.17. The maximum absolute atomic E-state index is 13.1. The molecule has 3 N–H and O–H groups in total. The molecule has 1 aromatic rings. The maximum Gasteiger partial charge on any atom is 0.252 e. The Morgan fingerprint density at radius 2 is 1.90 bits per heavy atom. The molecule has 5 nitrogen and oxygen atoms in total. The van der Waals surface area contributed by atoms with Crippen LogP contribution in [0.15, 0.2) is 22.7 Å². The molecule has 8 heteroatoms. The molecule has 0 atom stereocenters. The van der Waals surface area contributed by atoms with Crippen LogP contribution in [0, 0.1) is 5.82 Å². The van der Waals surface area contributed by atoms with E-state index in [0.717, 1.165) is 6.07 Å². The fraction of sp³-hybridized carbons (Fsp3) is 0.385. The van der Waals surface area contributed by atoms with Crippen LogP contribution in [-0.2, 0) is 4.79 Å². The minimum atomic E-state index is -0.483. The molecule has 0 bridgehead atoms. The number of benzene rings is 1. The van der Waals surface area contributed by atoms with E-state index in [1.165, 1.54) is 12.1 Å². The smallest absolute Gasteiger partial charge is 0.252 e. The molecule has 0 spiro atoms. The molecular weight excluding hydrogens is 365 g/mol. The molecule has 0 radical (unpaired) electrons. The molecule has 0 aliphatic heterocycles. The first-order chi connectivity index (χ1) is 9.54. The van der Waals surface area contributed by atoms with Gasteiger partial charge in [-0.3, -0.25) is 9.59 Å². The molecule has 0 aliphatic carbocycles. The quantitative estimate of drug-likeness (QED) is 0.626. The number of hydrogen-bond acceptors (Lipinski definition) is 3. The Bertz CT molecular complexity index is 488. The molecule has 1 aromatic carbocycles. The number of halogens is 3. The van der Waals surface area contributed by atoms with Crippen LogP contribution >= 0.6 is 28.3 Å². The first-order valence-corrected chi connectivity index (χ1v) is 6.98. The van der Waals surface area contributed by atoms with Crippen molar-refractivity contribution in [3.05, 3.63) is 34.1 Å². The number of likely N-dealkylation sites (N-methyl/N-ethyl adjacent to an activating group) is 1. The van der Waals surface area contributed by atoms with Gasteiger partial charge in [0.15, 0.2) is 0 Å². The van der Waals surface area contributed by atoms with Gasteiger partial charge >= 0.3 is 0 Å². The highest BCUT2D eigenvalue weighted by atomic mass is 79.9. The van der Waals surface area contributed by atoms with Gasteiger partial charge < -0.3 is 16.0 Å². The topological polar surface area (TPSA) is 70.2 Å². The molecule has 118 valence electrons. The van der Waals surface area contributed by atoms with E-state index in [1.807, 2.05) is 0 Å². The van der Waals surface area contributed by atoms with Gasteiger partial charge in [0.1, 0.15) is 5.82 Å². The fourth-order valence-electron chi connectivity index (χ4n) is 1.47. The minimum absolute atomic E-state index is 0. The number of hydrogen-bond donors (Lipinski definition) is 3. The van der Waals surface area contributed by atoms with Crippen LogP contribution < -0.4 is 16.0 Å². The van der Waals surface area contributed by atoms with Crippen LogP contribution in [-0.4, -0.2) is 38.5 Å². The molecule has 21 heavy (non-hydrogen) atoms. The van der Waals surface area contributed by atoms with Gasteiger partial charge in [0.05, 0.1) is 5.56 Å². The van der Waals surface area contributed by atoms with Crippen LogP contribution in [0.2, 0.25) is 0 Å². The van der Waals surface area contributed by atoms with Gasteiger partial charge in [0.2, 0.25) is 5.91 Å². The summed E-state index contributed by atoms with van der Waals surface area (Å²) in [5.74, 6) is -1.04. The van der Waals surface area contributed by atoms with Crippen LogP contribution in [0.4, 0.5) is 4.39 Å². The predicted octanol–water partition coefficient (Wildman–Crippen LogP) is 1.47. The van der Waals surface area contributed by atoms with Crippen molar-refractivity contribution in [2.24, 2.45) is 0 Å². The molecular formula is C13H18BrClFN3O2. The molecule has 0 saturated heterocycles. The van der Waals surface area contributed by atoms with E-state index < -0.39 is 11.7 Å². The third-order valence-electron chi connectivity index (χ3n) is 2.51. The normalized spacial score (nSPS) is 9.67. The standard InChI is InChI=1S/C13H17BrFN3O2.ClH/c1-16-6-7-17-12(19)4-5-18-13(20)10-8-9(15)2-3-11(10)14;/h2-3,8,16H,4-7H2,1H3,(H,17,19)(H,18,20);1H. The zero-order chi connectivity index (χ0) is 15.0. The average Bonchev–Trinajstić information content (AvgIpc) is 2.41. The van der Waals surface area contributed by atoms with Gasteiger partial charge in [-0.1, -0.05) is 0 Å². The molecule has 0 aromatic heterocycles. The number of amides is 2. The van der Waals surface area contributed by atoms with E-state index in [-0.39, 0.29) is 36.8 Å². The summed E-state index contributed by atoms with van der Waals surface area (Å²) in [5, 5.41) is 8.18. The van der Waals surface area contributed by atoms with Gasteiger partial charge in [-0.2, -0.15) is 0 Å². The largest absolute Gasteiger partial charge is 0.355 e. The van der Waals surface area contributed by atoms with Crippen LogP contribution in [0.1, 0.15) is 16.8 Å². The van der Waals surface area contributed by atoms with E-state index in [4.69, 9.17) is 0 Å². The van der Waals surface area contributed by atoms with E-state index >= 15 is 0 Å². The summed E-state index contributed by atoms with van der Waals surface area (Å²) in [6.07, 6.45) is 0.183. The Labute approximate surface area is 137 Å². The van der Waals surface area contributed by atoms with Gasteiger partial charge in [-0.25, -0.2) is 4.39 Å². The molecule has 0 saturated carbocycles. The Balaban J connectivity index is 0.00000400. The summed E-state index contributed by atoms with van der Waals surface area (Å²) in [6.45, 7) is 1.43. The van der Waals surface area contributed by atoms with Gasteiger partial charge in [0.25, 0.3) is 5.91 Å². The highest BCUT2D eigenvalue weighted by molar-refractivity contribution is 9.10. The number of nitrogens with one attached hydrogen (secondary N) is 3. The minimum Gasteiger partial charge on any atom is -0.355 e. The lowest BCUT2D eigenvalue weighted by molar-refractivity contribution is -0.120. The van der Waals surface area contributed by atoms with Crippen molar-refractivity contribution in [2.45, 2.75) is 6.42 Å². The second-order valence-corrected chi connectivity index (χ2v) is 4.94. The predicted molar refractivity (Wildman–Crippen MR) is 85.2 cm³/mol. The zero-order valence-corrected chi connectivity index (χ0v) is 13.9. The third kappa shape index (κ3) is 7.40. The van der Waals surface area contributed by atoms with Crippen molar-refractivity contribution in [3.63, 3.8) is 0 Å². The lowest BCUT2D eigenvalue weighted by Crippen LogP contribution is -2.33. The first-order valence-electron chi connectivity index (χ1n) is 6.19. The summed E-state index contributed by atoms with van der Waals surface area (Å²) in [4.78, 5) is 23.2. The molecule has 0 fully saturated rings. The SMILES string of the molecule is CNCCNC(=O)CCNC(=O)c1cc(F)ccc1Br.Cl. The summed E-state index contributed by atoms with van der Waals surface area (Å²) in [6, 6.07) is 3.87. The van der Waals surface area contributed by atoms with Crippen molar-refractivity contribution >= 4 is 40.2 Å². The van der Waals surface area contributed by atoms with E-state index in [2.05, 4.69) is 31.9 Å². The first kappa shape index (κ1) is 19.8. The molecule has 1 rings (SSSR count). The molecule has 0 aliphatic rings. The second kappa shape index (κ2) is 10.5. The van der Waals surface area contributed by atoms with Crippen LogP contribution in [0.3, 0.4) is 0 Å². The van der Waals surface area contributed by atoms with Crippen molar-refractivity contribution < 1.29 is 14.0 Å². The van der Waals surface area contributed by atoms with Crippen molar-refractivity contribution in [1.29, 1.82) is 0 Å². The van der Waals surface area contributed by atoms with E-state index in [0.29, 0.717) is 17.6 Å². The average molecular weight is 383 g/mol. The van der Waals surface area contributed by atoms with Crippen molar-refractivity contribution in [3.8, 4) is 0 Å². The second-order valence-electron chi connectivity index (χ2n) is 4.08. The summed E-state index contributed by atoms with van der Waals surface area (Å²) < 4.78 is 13.6. The van der Waals surface area contributed by atoms with Crippen LogP contribution in [0.5, 0.6) is 0 Å². The fourth-order valence-corrected chi connectivity index (χ4v) is 1.90. The highest BCUT2D eigenvalue weighted by Gasteiger charge is 2.11. The lowest BCUT2D eigenvalue weighted by atomic mass is 10.2. The van der Waals surface area contributed by atoms with Gasteiger partial charge in [-0.05, 0) is 41.2 Å². The molecule has 0 unspecified atom stereocenters. The van der Waals surface area contributed by atoms with Gasteiger partial charge in [0, 0.05) is 30.5 Å². The van der Waals surface area contributed by atoms with Crippen molar-refractivity contribution in [1.82, 2.24) is 16.0 Å². The lowest BCUT2D eigenvalue weighted by Gasteiger charge is -2.08. The number of carbonyl (C=O) groups is 2. The third-order valence-corrected chi connectivity index (χ3v) is 3.20. The summed E-state index contributed by atoms with van der Waals surface area (Å²) in [5.41, 5.74) is 0.209. The Kier molecular flexibility index (Phi) is 9.94. The van der Waals surface area contributed by atoms with E-state index in [1.54, 1.807) is 7.05 Å². The maximum atomic E-state index is 13.1. The Morgan fingerprint density at radius 1 is 1.19 bits per heavy atom. The number of carbonyl (C=O) groups excluding carboxylic acids is 2. The Morgan fingerprint density at radius 3 is 2.57 bits per heavy atom. The zero-order valence-electron chi connectivity index (χ0n) is 11.5. The number of rotatable bonds is 7. The monoisotopic (exact) mass is 381 g/mol. The molecule has 2 amide bonds.